The molecule has 0 amide bonds. The summed E-state index contributed by atoms with van der Waals surface area (Å²) in [5, 5.41) is 9.55. The molecule has 0 aromatic heterocycles. The first kappa shape index (κ1) is 18.1. The molecular formula is C23H25N3S. The van der Waals surface area contributed by atoms with E-state index in [4.69, 9.17) is 0 Å². The van der Waals surface area contributed by atoms with E-state index in [1.165, 1.54) is 21.2 Å². The highest BCUT2D eigenvalue weighted by atomic mass is 32.2. The molecule has 1 fully saturated rings. The predicted octanol–water partition coefficient (Wildman–Crippen LogP) is 4.71. The summed E-state index contributed by atoms with van der Waals surface area (Å²) in [7, 11) is 0. The maximum atomic E-state index is 4.68. The molecule has 138 valence electrons. The van der Waals surface area contributed by atoms with E-state index in [0.29, 0.717) is 0 Å². The van der Waals surface area contributed by atoms with Crippen molar-refractivity contribution in [3.8, 4) is 0 Å². The van der Waals surface area contributed by atoms with Crippen LogP contribution >= 0.6 is 11.8 Å². The molecule has 0 spiro atoms. The Bertz CT molecular complexity index is 907. The predicted molar refractivity (Wildman–Crippen MR) is 117 cm³/mol. The van der Waals surface area contributed by atoms with Crippen molar-refractivity contribution >= 4 is 28.7 Å². The van der Waals surface area contributed by atoms with Crippen molar-refractivity contribution < 1.29 is 0 Å². The van der Waals surface area contributed by atoms with Crippen LogP contribution in [0.15, 0.2) is 76.7 Å². The molecule has 1 heterocycles. The van der Waals surface area contributed by atoms with Crippen molar-refractivity contribution in [3.63, 3.8) is 0 Å². The average molecular weight is 376 g/mol. The highest BCUT2D eigenvalue weighted by Gasteiger charge is 2.16. The molecule has 4 rings (SSSR count). The fourth-order valence-corrected chi connectivity index (χ4v) is 3.93. The number of thioether (sulfide) groups is 1. The molecule has 0 radical (unpaired) electrons. The van der Waals surface area contributed by atoms with Gasteiger partial charge in [0, 0.05) is 37.6 Å². The normalized spacial score (nSPS) is 15.7. The number of rotatable bonds is 5. The van der Waals surface area contributed by atoms with Gasteiger partial charge in [-0.25, -0.2) is 0 Å². The van der Waals surface area contributed by atoms with Crippen molar-refractivity contribution in [1.82, 2.24) is 9.91 Å². The molecule has 0 unspecified atom stereocenters. The molecule has 0 bridgehead atoms. The molecule has 3 aromatic rings. The smallest absolute Gasteiger partial charge is 0.0542 e. The summed E-state index contributed by atoms with van der Waals surface area (Å²) in [6.45, 7) is 5.06. The summed E-state index contributed by atoms with van der Waals surface area (Å²) in [5.41, 5.74) is 2.57. The van der Waals surface area contributed by atoms with Crippen molar-refractivity contribution in [2.45, 2.75) is 11.4 Å². The van der Waals surface area contributed by atoms with E-state index in [2.05, 4.69) is 88.0 Å². The van der Waals surface area contributed by atoms with E-state index in [9.17, 15) is 0 Å². The van der Waals surface area contributed by atoms with Crippen molar-refractivity contribution in [2.75, 3.05) is 32.4 Å². The van der Waals surface area contributed by atoms with E-state index < -0.39 is 0 Å². The number of benzene rings is 3. The lowest BCUT2D eigenvalue weighted by atomic mass is 10.0. The Labute approximate surface area is 165 Å². The Balaban J connectivity index is 1.34. The first-order chi connectivity index (χ1) is 13.3. The Morgan fingerprint density at radius 3 is 2.41 bits per heavy atom. The third-order valence-corrected chi connectivity index (χ3v) is 5.85. The van der Waals surface area contributed by atoms with Crippen LogP contribution in [-0.2, 0) is 6.54 Å². The molecule has 0 saturated carbocycles. The van der Waals surface area contributed by atoms with Gasteiger partial charge < -0.3 is 0 Å². The maximum Gasteiger partial charge on any atom is 0.0542 e. The van der Waals surface area contributed by atoms with Gasteiger partial charge in [0.1, 0.15) is 0 Å². The Morgan fingerprint density at radius 1 is 0.889 bits per heavy atom. The van der Waals surface area contributed by atoms with Gasteiger partial charge in [0.2, 0.25) is 0 Å². The maximum absolute atomic E-state index is 4.68. The van der Waals surface area contributed by atoms with Crippen LogP contribution in [0.2, 0.25) is 0 Å². The lowest BCUT2D eigenvalue weighted by Gasteiger charge is -2.33. The lowest BCUT2D eigenvalue weighted by molar-refractivity contribution is 0.131. The average Bonchev–Trinajstić information content (AvgIpc) is 2.74. The van der Waals surface area contributed by atoms with Gasteiger partial charge in [-0.05, 0) is 40.3 Å². The molecular weight excluding hydrogens is 350 g/mol. The van der Waals surface area contributed by atoms with Crippen LogP contribution in [0.1, 0.15) is 11.1 Å². The number of hydrogen-bond acceptors (Lipinski definition) is 4. The van der Waals surface area contributed by atoms with Crippen LogP contribution in [0, 0.1) is 0 Å². The number of fused-ring (bicyclic) bond motifs is 1. The molecule has 3 aromatic carbocycles. The first-order valence-corrected chi connectivity index (χ1v) is 10.7. The third kappa shape index (κ3) is 4.52. The summed E-state index contributed by atoms with van der Waals surface area (Å²) in [6.07, 6.45) is 4.07. The second kappa shape index (κ2) is 8.59. The minimum Gasteiger partial charge on any atom is -0.295 e. The minimum atomic E-state index is 0.976. The third-order valence-electron chi connectivity index (χ3n) is 5.11. The number of piperazine rings is 1. The van der Waals surface area contributed by atoms with Gasteiger partial charge in [-0.15, -0.1) is 11.8 Å². The van der Waals surface area contributed by atoms with Crippen molar-refractivity contribution in [2.24, 2.45) is 5.10 Å². The zero-order valence-electron chi connectivity index (χ0n) is 15.7. The summed E-state index contributed by atoms with van der Waals surface area (Å²) in [5.74, 6) is 0. The summed E-state index contributed by atoms with van der Waals surface area (Å²) in [6, 6.07) is 23.8. The SMILES string of the molecule is CSc1ccc(/C=N\N2CCN(Cc3cccc4ccccc34)CC2)cc1. The molecule has 27 heavy (non-hydrogen) atoms. The van der Waals surface area contributed by atoms with Crippen LogP contribution in [0.5, 0.6) is 0 Å². The first-order valence-electron chi connectivity index (χ1n) is 9.44. The van der Waals surface area contributed by atoms with E-state index in [1.807, 2.05) is 6.21 Å². The van der Waals surface area contributed by atoms with Crippen LogP contribution in [0.3, 0.4) is 0 Å². The standard InChI is InChI=1S/C23H25N3S/c1-27-22-11-9-19(10-12-22)17-24-26-15-13-25(14-16-26)18-21-7-4-6-20-5-2-3-8-23(20)21/h2-12,17H,13-16,18H2,1H3/b24-17-. The molecule has 1 aliphatic heterocycles. The van der Waals surface area contributed by atoms with Gasteiger partial charge in [-0.1, -0.05) is 54.6 Å². The largest absolute Gasteiger partial charge is 0.295 e. The molecule has 0 atom stereocenters. The molecule has 0 aliphatic carbocycles. The summed E-state index contributed by atoms with van der Waals surface area (Å²) in [4.78, 5) is 3.82. The van der Waals surface area contributed by atoms with Crippen LogP contribution in [-0.4, -0.2) is 48.6 Å². The van der Waals surface area contributed by atoms with E-state index in [0.717, 1.165) is 38.3 Å². The van der Waals surface area contributed by atoms with Gasteiger partial charge in [-0.2, -0.15) is 5.10 Å². The van der Waals surface area contributed by atoms with E-state index in [1.54, 1.807) is 11.8 Å². The zero-order valence-corrected chi connectivity index (χ0v) is 16.5. The summed E-state index contributed by atoms with van der Waals surface area (Å²) < 4.78 is 0. The highest BCUT2D eigenvalue weighted by molar-refractivity contribution is 7.98. The molecule has 3 nitrogen and oxygen atoms in total. The fourth-order valence-electron chi connectivity index (χ4n) is 3.52. The Kier molecular flexibility index (Phi) is 5.75. The molecule has 0 N–H and O–H groups in total. The van der Waals surface area contributed by atoms with Crippen molar-refractivity contribution in [1.29, 1.82) is 0 Å². The minimum absolute atomic E-state index is 0.976. The Hall–Kier alpha value is -2.30. The second-order valence-electron chi connectivity index (χ2n) is 6.89. The quantitative estimate of drug-likeness (QED) is 0.475. The van der Waals surface area contributed by atoms with Gasteiger partial charge in [0.25, 0.3) is 0 Å². The van der Waals surface area contributed by atoms with Gasteiger partial charge >= 0.3 is 0 Å². The number of hydrazone groups is 1. The fraction of sp³-hybridized carbons (Fsp3) is 0.261. The summed E-state index contributed by atoms with van der Waals surface area (Å²) >= 11 is 1.76. The molecule has 1 aliphatic rings. The second-order valence-corrected chi connectivity index (χ2v) is 7.77. The molecule has 4 heteroatoms. The van der Waals surface area contributed by atoms with Gasteiger partial charge in [0.05, 0.1) is 6.21 Å². The van der Waals surface area contributed by atoms with Crippen LogP contribution < -0.4 is 0 Å². The number of hydrogen-bond donors (Lipinski definition) is 0. The van der Waals surface area contributed by atoms with E-state index in [-0.39, 0.29) is 0 Å². The lowest BCUT2D eigenvalue weighted by Crippen LogP contribution is -2.43. The van der Waals surface area contributed by atoms with Gasteiger partial charge in [0.15, 0.2) is 0 Å². The van der Waals surface area contributed by atoms with Gasteiger partial charge in [-0.3, -0.25) is 9.91 Å². The Morgan fingerprint density at radius 2 is 1.63 bits per heavy atom. The highest BCUT2D eigenvalue weighted by Crippen LogP contribution is 2.20. The van der Waals surface area contributed by atoms with Crippen molar-refractivity contribution in [3.05, 3.63) is 77.9 Å². The monoisotopic (exact) mass is 375 g/mol. The molecule has 1 saturated heterocycles. The van der Waals surface area contributed by atoms with E-state index >= 15 is 0 Å². The zero-order chi connectivity index (χ0) is 18.5. The topological polar surface area (TPSA) is 18.8 Å². The van der Waals surface area contributed by atoms with Crippen LogP contribution in [0.25, 0.3) is 10.8 Å². The number of nitrogens with zero attached hydrogens (tertiary/aromatic N) is 3. The van der Waals surface area contributed by atoms with Crippen LogP contribution in [0.4, 0.5) is 0 Å².